The van der Waals surface area contributed by atoms with Gasteiger partial charge in [0.2, 0.25) is 0 Å². The Morgan fingerprint density at radius 3 is 2.72 bits per heavy atom. The summed E-state index contributed by atoms with van der Waals surface area (Å²) >= 11 is 1.96. The molecule has 1 unspecified atom stereocenters. The standard InChI is InChI=1S/C15H24FNS/c1-4-8-17-15(11-18-5-2)10-13-6-7-14(16)9-12(13)3/h6-7,9,15,17H,4-5,8,10-11H2,1-3H3. The minimum absolute atomic E-state index is 0.141. The SMILES string of the molecule is CCCNC(CSCC)Cc1ccc(F)cc1C. The second kappa shape index (κ2) is 8.54. The van der Waals surface area contributed by atoms with Crippen molar-refractivity contribution < 1.29 is 4.39 Å². The van der Waals surface area contributed by atoms with E-state index in [2.05, 4.69) is 19.2 Å². The lowest BCUT2D eigenvalue weighted by Gasteiger charge is -2.19. The highest BCUT2D eigenvalue weighted by molar-refractivity contribution is 7.99. The molecule has 0 spiro atoms. The Labute approximate surface area is 115 Å². The Kier molecular flexibility index (Phi) is 7.36. The average molecular weight is 269 g/mol. The highest BCUT2D eigenvalue weighted by atomic mass is 32.2. The monoisotopic (exact) mass is 269 g/mol. The van der Waals surface area contributed by atoms with E-state index in [1.807, 2.05) is 24.8 Å². The van der Waals surface area contributed by atoms with E-state index in [0.717, 1.165) is 36.5 Å². The van der Waals surface area contributed by atoms with Crippen LogP contribution in [0.4, 0.5) is 4.39 Å². The Bertz CT molecular complexity index is 346. The molecule has 0 radical (unpaired) electrons. The molecule has 0 heterocycles. The van der Waals surface area contributed by atoms with Gasteiger partial charge < -0.3 is 5.32 Å². The van der Waals surface area contributed by atoms with Crippen LogP contribution in [-0.4, -0.2) is 24.1 Å². The topological polar surface area (TPSA) is 12.0 Å². The maximum Gasteiger partial charge on any atom is 0.123 e. The molecule has 0 aliphatic heterocycles. The first-order chi connectivity index (χ1) is 8.67. The Hall–Kier alpha value is -0.540. The summed E-state index contributed by atoms with van der Waals surface area (Å²) in [6.07, 6.45) is 2.13. The lowest BCUT2D eigenvalue weighted by Crippen LogP contribution is -2.34. The van der Waals surface area contributed by atoms with E-state index in [1.165, 1.54) is 5.56 Å². The molecule has 18 heavy (non-hydrogen) atoms. The first kappa shape index (κ1) is 15.5. The number of thioether (sulfide) groups is 1. The summed E-state index contributed by atoms with van der Waals surface area (Å²) in [5, 5.41) is 3.58. The summed E-state index contributed by atoms with van der Waals surface area (Å²) < 4.78 is 13.1. The molecule has 0 saturated carbocycles. The van der Waals surface area contributed by atoms with Gasteiger partial charge in [-0.25, -0.2) is 4.39 Å². The summed E-state index contributed by atoms with van der Waals surface area (Å²) in [7, 11) is 0. The van der Waals surface area contributed by atoms with E-state index in [0.29, 0.717) is 6.04 Å². The second-order valence-corrected chi connectivity index (χ2v) is 5.90. The average Bonchev–Trinajstić information content (AvgIpc) is 2.35. The minimum atomic E-state index is -0.141. The zero-order valence-electron chi connectivity index (χ0n) is 11.6. The van der Waals surface area contributed by atoms with Crippen molar-refractivity contribution >= 4 is 11.8 Å². The summed E-state index contributed by atoms with van der Waals surface area (Å²) in [5.74, 6) is 2.12. The number of halogens is 1. The van der Waals surface area contributed by atoms with Crippen molar-refractivity contribution in [1.29, 1.82) is 0 Å². The number of rotatable bonds is 8. The highest BCUT2D eigenvalue weighted by Gasteiger charge is 2.10. The molecule has 1 aromatic rings. The molecule has 1 atom stereocenters. The second-order valence-electron chi connectivity index (χ2n) is 4.59. The minimum Gasteiger partial charge on any atom is -0.313 e. The molecule has 1 N–H and O–H groups in total. The number of hydrogen-bond acceptors (Lipinski definition) is 2. The number of aryl methyl sites for hydroxylation is 1. The molecule has 0 aliphatic carbocycles. The van der Waals surface area contributed by atoms with Gasteiger partial charge in [-0.2, -0.15) is 11.8 Å². The first-order valence-electron chi connectivity index (χ1n) is 6.73. The van der Waals surface area contributed by atoms with E-state index >= 15 is 0 Å². The molecular weight excluding hydrogens is 245 g/mol. The van der Waals surface area contributed by atoms with Crippen LogP contribution in [0.15, 0.2) is 18.2 Å². The molecule has 1 aromatic carbocycles. The van der Waals surface area contributed by atoms with Crippen molar-refractivity contribution in [3.8, 4) is 0 Å². The Morgan fingerprint density at radius 2 is 2.11 bits per heavy atom. The summed E-state index contributed by atoms with van der Waals surface area (Å²) in [6.45, 7) is 7.41. The van der Waals surface area contributed by atoms with Gasteiger partial charge in [0.1, 0.15) is 5.82 Å². The third kappa shape index (κ3) is 5.40. The lowest BCUT2D eigenvalue weighted by atomic mass is 10.0. The van der Waals surface area contributed by atoms with Crippen LogP contribution in [0.25, 0.3) is 0 Å². The maximum absolute atomic E-state index is 13.1. The van der Waals surface area contributed by atoms with Crippen molar-refractivity contribution in [2.75, 3.05) is 18.1 Å². The van der Waals surface area contributed by atoms with E-state index in [4.69, 9.17) is 0 Å². The fraction of sp³-hybridized carbons (Fsp3) is 0.600. The van der Waals surface area contributed by atoms with E-state index in [1.54, 1.807) is 12.1 Å². The highest BCUT2D eigenvalue weighted by Crippen LogP contribution is 2.14. The predicted molar refractivity (Wildman–Crippen MR) is 79.9 cm³/mol. The van der Waals surface area contributed by atoms with Gasteiger partial charge in [-0.05, 0) is 55.3 Å². The molecule has 102 valence electrons. The lowest BCUT2D eigenvalue weighted by molar-refractivity contribution is 0.548. The van der Waals surface area contributed by atoms with Crippen LogP contribution in [0.5, 0.6) is 0 Å². The van der Waals surface area contributed by atoms with Gasteiger partial charge in [0.05, 0.1) is 0 Å². The van der Waals surface area contributed by atoms with Gasteiger partial charge in [0, 0.05) is 11.8 Å². The molecule has 3 heteroatoms. The van der Waals surface area contributed by atoms with Crippen LogP contribution in [0.2, 0.25) is 0 Å². The van der Waals surface area contributed by atoms with Crippen LogP contribution < -0.4 is 5.32 Å². The third-order valence-corrected chi connectivity index (χ3v) is 4.02. The summed E-state index contributed by atoms with van der Waals surface area (Å²) in [4.78, 5) is 0. The molecule has 1 rings (SSSR count). The van der Waals surface area contributed by atoms with Gasteiger partial charge in [-0.1, -0.05) is 19.9 Å². The van der Waals surface area contributed by atoms with Crippen LogP contribution in [0.1, 0.15) is 31.4 Å². The molecule has 0 saturated heterocycles. The van der Waals surface area contributed by atoms with Crippen molar-refractivity contribution in [1.82, 2.24) is 5.32 Å². The quantitative estimate of drug-likeness (QED) is 0.770. The van der Waals surface area contributed by atoms with E-state index in [-0.39, 0.29) is 5.82 Å². The van der Waals surface area contributed by atoms with Crippen LogP contribution in [-0.2, 0) is 6.42 Å². The molecule has 0 bridgehead atoms. The van der Waals surface area contributed by atoms with Crippen LogP contribution in [0, 0.1) is 12.7 Å². The van der Waals surface area contributed by atoms with Gasteiger partial charge in [0.15, 0.2) is 0 Å². The molecule has 0 fully saturated rings. The van der Waals surface area contributed by atoms with Crippen molar-refractivity contribution in [3.05, 3.63) is 35.1 Å². The normalized spacial score (nSPS) is 12.7. The van der Waals surface area contributed by atoms with Crippen LogP contribution >= 0.6 is 11.8 Å². The van der Waals surface area contributed by atoms with Gasteiger partial charge in [0.25, 0.3) is 0 Å². The van der Waals surface area contributed by atoms with Gasteiger partial charge in [-0.3, -0.25) is 0 Å². The third-order valence-electron chi connectivity index (χ3n) is 2.98. The van der Waals surface area contributed by atoms with Gasteiger partial charge >= 0.3 is 0 Å². The Balaban J connectivity index is 2.62. The molecule has 1 nitrogen and oxygen atoms in total. The van der Waals surface area contributed by atoms with E-state index < -0.39 is 0 Å². The summed E-state index contributed by atoms with van der Waals surface area (Å²) in [6, 6.07) is 5.59. The van der Waals surface area contributed by atoms with Crippen molar-refractivity contribution in [2.45, 2.75) is 39.7 Å². The summed E-state index contributed by atoms with van der Waals surface area (Å²) in [5.41, 5.74) is 2.31. The van der Waals surface area contributed by atoms with E-state index in [9.17, 15) is 4.39 Å². The zero-order chi connectivity index (χ0) is 13.4. The fourth-order valence-electron chi connectivity index (χ4n) is 1.95. The maximum atomic E-state index is 13.1. The number of nitrogens with one attached hydrogen (secondary N) is 1. The largest absolute Gasteiger partial charge is 0.313 e. The molecule has 0 aromatic heterocycles. The number of hydrogen-bond donors (Lipinski definition) is 1. The predicted octanol–water partition coefficient (Wildman–Crippen LogP) is 3.80. The van der Waals surface area contributed by atoms with Crippen molar-refractivity contribution in [3.63, 3.8) is 0 Å². The van der Waals surface area contributed by atoms with Crippen LogP contribution in [0.3, 0.4) is 0 Å². The fourth-order valence-corrected chi connectivity index (χ4v) is 2.71. The molecular formula is C15H24FNS. The Morgan fingerprint density at radius 1 is 1.33 bits per heavy atom. The number of benzene rings is 1. The zero-order valence-corrected chi connectivity index (χ0v) is 12.4. The van der Waals surface area contributed by atoms with Gasteiger partial charge in [-0.15, -0.1) is 0 Å². The molecule has 0 amide bonds. The smallest absolute Gasteiger partial charge is 0.123 e. The molecule has 0 aliphatic rings. The van der Waals surface area contributed by atoms with Crippen molar-refractivity contribution in [2.24, 2.45) is 0 Å². The first-order valence-corrected chi connectivity index (χ1v) is 7.89.